The van der Waals surface area contributed by atoms with E-state index < -0.39 is 23.8 Å². The van der Waals surface area contributed by atoms with Gasteiger partial charge in [0.15, 0.2) is 11.9 Å². The number of pyridine rings is 1. The number of carboxylic acid groups (broad SMARTS) is 1. The minimum absolute atomic E-state index is 0.277. The third-order valence-electron chi connectivity index (χ3n) is 5.59. The predicted molar refractivity (Wildman–Crippen MR) is 124 cm³/mol. The van der Waals surface area contributed by atoms with Crippen LogP contribution in [-0.4, -0.2) is 26.7 Å². The van der Waals surface area contributed by atoms with E-state index in [1.54, 1.807) is 37.4 Å². The molecular formula is C26H23F3N2O4. The van der Waals surface area contributed by atoms with E-state index in [0.29, 0.717) is 35.5 Å². The van der Waals surface area contributed by atoms with Crippen molar-refractivity contribution in [3.05, 3.63) is 83.7 Å². The average Bonchev–Trinajstić information content (AvgIpc) is 3.08. The minimum atomic E-state index is -4.42. The number of carbonyl (C=O) groups is 1. The van der Waals surface area contributed by atoms with E-state index in [1.807, 2.05) is 23.6 Å². The molecule has 6 nitrogen and oxygen atoms in total. The van der Waals surface area contributed by atoms with Crippen LogP contribution >= 0.6 is 0 Å². The van der Waals surface area contributed by atoms with Gasteiger partial charge in [0, 0.05) is 12.7 Å². The molecule has 0 bridgehead atoms. The van der Waals surface area contributed by atoms with Crippen molar-refractivity contribution in [1.29, 1.82) is 0 Å². The number of ether oxygens (including phenoxy) is 2. The Bertz CT molecular complexity index is 1350. The number of rotatable bonds is 8. The maximum absolute atomic E-state index is 12.9. The van der Waals surface area contributed by atoms with E-state index in [-0.39, 0.29) is 5.75 Å². The summed E-state index contributed by atoms with van der Waals surface area (Å²) in [5, 5.41) is 9.98. The van der Waals surface area contributed by atoms with Crippen LogP contribution in [0, 0.1) is 6.92 Å². The Kier molecular flexibility index (Phi) is 6.68. The summed E-state index contributed by atoms with van der Waals surface area (Å²) < 4.78 is 52.2. The van der Waals surface area contributed by atoms with Crippen molar-refractivity contribution in [3.63, 3.8) is 0 Å². The second-order valence-corrected chi connectivity index (χ2v) is 8.00. The van der Waals surface area contributed by atoms with Crippen molar-refractivity contribution in [3.8, 4) is 17.2 Å². The number of carboxylic acids is 1. The fourth-order valence-electron chi connectivity index (χ4n) is 3.79. The normalized spacial score (nSPS) is 12.5. The number of fused-ring (bicyclic) bond motifs is 1. The number of benzene rings is 2. The van der Waals surface area contributed by atoms with Gasteiger partial charge in [0.05, 0.1) is 16.6 Å². The summed E-state index contributed by atoms with van der Waals surface area (Å²) in [4.78, 5) is 15.8. The molecule has 0 saturated carbocycles. The lowest BCUT2D eigenvalue weighted by atomic mass is 10.2. The predicted octanol–water partition coefficient (Wildman–Crippen LogP) is 6.45. The van der Waals surface area contributed by atoms with Crippen molar-refractivity contribution in [1.82, 2.24) is 9.55 Å². The van der Waals surface area contributed by atoms with Gasteiger partial charge in [0.2, 0.25) is 0 Å². The zero-order valence-corrected chi connectivity index (χ0v) is 19.0. The minimum Gasteiger partial charge on any atom is -0.479 e. The summed E-state index contributed by atoms with van der Waals surface area (Å²) in [5.41, 5.74) is 1.49. The zero-order valence-electron chi connectivity index (χ0n) is 19.0. The van der Waals surface area contributed by atoms with Gasteiger partial charge in [-0.05, 0) is 67.4 Å². The summed E-state index contributed by atoms with van der Waals surface area (Å²) >= 11 is 0. The molecule has 2 heterocycles. The first kappa shape index (κ1) is 24.1. The Morgan fingerprint density at radius 3 is 2.49 bits per heavy atom. The fourth-order valence-corrected chi connectivity index (χ4v) is 3.79. The van der Waals surface area contributed by atoms with Gasteiger partial charge in [-0.15, -0.1) is 0 Å². The third-order valence-corrected chi connectivity index (χ3v) is 5.59. The molecule has 0 radical (unpaired) electrons. The molecule has 4 aromatic rings. The Morgan fingerprint density at radius 2 is 1.83 bits per heavy atom. The van der Waals surface area contributed by atoms with E-state index in [1.165, 1.54) is 12.1 Å². The van der Waals surface area contributed by atoms with E-state index in [2.05, 4.69) is 4.98 Å². The summed E-state index contributed by atoms with van der Waals surface area (Å²) in [6, 6.07) is 15.3. The smallest absolute Gasteiger partial charge is 0.416 e. The Labute approximate surface area is 199 Å². The third kappa shape index (κ3) is 5.24. The van der Waals surface area contributed by atoms with E-state index in [0.717, 1.165) is 23.4 Å². The molecule has 1 N–H and O–H groups in total. The zero-order chi connectivity index (χ0) is 25.2. The Morgan fingerprint density at radius 1 is 1.09 bits per heavy atom. The maximum atomic E-state index is 12.9. The van der Waals surface area contributed by atoms with Crippen molar-refractivity contribution in [2.75, 3.05) is 0 Å². The second-order valence-electron chi connectivity index (χ2n) is 8.00. The molecule has 4 rings (SSSR count). The van der Waals surface area contributed by atoms with Gasteiger partial charge >= 0.3 is 12.1 Å². The molecule has 1 atom stereocenters. The van der Waals surface area contributed by atoms with Crippen LogP contribution in [0.5, 0.6) is 17.2 Å². The van der Waals surface area contributed by atoms with Crippen LogP contribution in [0.3, 0.4) is 0 Å². The van der Waals surface area contributed by atoms with Gasteiger partial charge in [0.1, 0.15) is 17.1 Å². The molecule has 2 aromatic heterocycles. The first-order valence-electron chi connectivity index (χ1n) is 10.9. The number of hydrogen-bond acceptors (Lipinski definition) is 4. The first-order valence-corrected chi connectivity index (χ1v) is 10.9. The monoisotopic (exact) mass is 484 g/mol. The number of nitrogens with zero attached hydrogens (tertiary/aromatic N) is 2. The highest BCUT2D eigenvalue weighted by atomic mass is 19.4. The highest BCUT2D eigenvalue weighted by molar-refractivity contribution is 5.86. The van der Waals surface area contributed by atoms with Crippen LogP contribution < -0.4 is 9.47 Å². The number of halogens is 3. The van der Waals surface area contributed by atoms with Crippen LogP contribution in [-0.2, 0) is 17.5 Å². The topological polar surface area (TPSA) is 73.6 Å². The Balaban J connectivity index is 1.65. The van der Waals surface area contributed by atoms with E-state index in [4.69, 9.17) is 9.47 Å². The number of aliphatic carboxylic acids is 1. The van der Waals surface area contributed by atoms with E-state index in [9.17, 15) is 23.1 Å². The van der Waals surface area contributed by atoms with Crippen molar-refractivity contribution in [2.45, 2.75) is 39.1 Å². The molecule has 0 fully saturated rings. The molecule has 0 aliphatic rings. The molecule has 9 heteroatoms. The fraction of sp³-hybridized carbons (Fsp3) is 0.231. The summed E-state index contributed by atoms with van der Waals surface area (Å²) in [6.07, 6.45) is -3.38. The summed E-state index contributed by atoms with van der Waals surface area (Å²) in [6.45, 7) is 3.98. The van der Waals surface area contributed by atoms with Crippen molar-refractivity contribution < 1.29 is 32.5 Å². The quantitative estimate of drug-likeness (QED) is 0.311. The van der Waals surface area contributed by atoms with Crippen molar-refractivity contribution in [2.24, 2.45) is 0 Å². The molecule has 0 amide bonds. The molecule has 0 saturated heterocycles. The number of aromatic nitrogens is 2. The van der Waals surface area contributed by atoms with Gasteiger partial charge in [0.25, 0.3) is 0 Å². The van der Waals surface area contributed by atoms with Crippen LogP contribution in [0.1, 0.15) is 30.2 Å². The van der Waals surface area contributed by atoms with Gasteiger partial charge in [-0.25, -0.2) is 9.78 Å². The molecule has 182 valence electrons. The first-order chi connectivity index (χ1) is 16.7. The largest absolute Gasteiger partial charge is 0.479 e. The molecule has 0 aliphatic carbocycles. The molecule has 0 unspecified atom stereocenters. The SMILES string of the molecule is CC[C@@H](Oc1cccc(Cn2c(C)c(Oc3ccc(C(F)(F)F)cc3)c3cccnc32)c1)C(=O)O. The van der Waals surface area contributed by atoms with Crippen LogP contribution in [0.15, 0.2) is 66.9 Å². The average molecular weight is 484 g/mol. The summed E-state index contributed by atoms with van der Waals surface area (Å²) in [5.74, 6) is 0.190. The molecular weight excluding hydrogens is 461 g/mol. The van der Waals surface area contributed by atoms with Crippen molar-refractivity contribution >= 4 is 17.0 Å². The molecule has 2 aromatic carbocycles. The van der Waals surface area contributed by atoms with Gasteiger partial charge in [-0.2, -0.15) is 13.2 Å². The highest BCUT2D eigenvalue weighted by Gasteiger charge is 2.30. The second kappa shape index (κ2) is 9.69. The van der Waals surface area contributed by atoms with Gasteiger partial charge in [-0.3, -0.25) is 0 Å². The standard InChI is InChI=1S/C26H23F3N2O4/c1-3-22(25(32)33)34-20-7-4-6-17(14-20)15-31-16(2)23(21-8-5-13-30-24(21)31)35-19-11-9-18(10-12-19)26(27,28)29/h4-14,22H,3,15H2,1-2H3,(H,32,33)/t22-/m1/s1. The van der Waals surface area contributed by atoms with Crippen LogP contribution in [0.2, 0.25) is 0 Å². The number of hydrogen-bond donors (Lipinski definition) is 1. The lowest BCUT2D eigenvalue weighted by molar-refractivity contribution is -0.145. The molecule has 0 spiro atoms. The highest BCUT2D eigenvalue weighted by Crippen LogP contribution is 2.37. The maximum Gasteiger partial charge on any atom is 0.416 e. The van der Waals surface area contributed by atoms with Gasteiger partial charge in [-0.1, -0.05) is 19.1 Å². The molecule has 35 heavy (non-hydrogen) atoms. The lowest BCUT2D eigenvalue weighted by Crippen LogP contribution is -2.25. The number of alkyl halides is 3. The van der Waals surface area contributed by atoms with Crippen LogP contribution in [0.25, 0.3) is 11.0 Å². The van der Waals surface area contributed by atoms with Crippen LogP contribution in [0.4, 0.5) is 13.2 Å². The summed E-state index contributed by atoms with van der Waals surface area (Å²) in [7, 11) is 0. The van der Waals surface area contributed by atoms with E-state index >= 15 is 0 Å². The van der Waals surface area contributed by atoms with Gasteiger partial charge < -0.3 is 19.1 Å². The lowest BCUT2D eigenvalue weighted by Gasteiger charge is -2.14. The molecule has 0 aliphatic heterocycles. The Hall–Kier alpha value is -4.01.